The minimum Gasteiger partial charge on any atom is -0.309 e. The number of aryl methyl sites for hydroxylation is 6. The summed E-state index contributed by atoms with van der Waals surface area (Å²) in [6, 6.07) is 45.5. The predicted octanol–water partition coefficient (Wildman–Crippen LogP) is 12.1. The van der Waals surface area contributed by atoms with E-state index >= 15 is 0 Å². The first-order chi connectivity index (χ1) is 22.3. The van der Waals surface area contributed by atoms with Crippen LogP contribution in [0, 0.1) is 41.5 Å². The van der Waals surface area contributed by atoms with Gasteiger partial charge < -0.3 is 9.80 Å². The summed E-state index contributed by atoms with van der Waals surface area (Å²) in [5, 5.41) is 0. The fourth-order valence-electron chi connectivity index (χ4n) is 7.65. The number of hydrogen-bond donors (Lipinski definition) is 0. The van der Waals surface area contributed by atoms with Crippen LogP contribution in [0.15, 0.2) is 121 Å². The lowest BCUT2D eigenvalue weighted by atomic mass is 9.78. The van der Waals surface area contributed by atoms with Crippen LogP contribution in [0.1, 0.15) is 55.6 Å². The molecule has 0 bridgehead atoms. The van der Waals surface area contributed by atoms with Crippen molar-refractivity contribution in [3.8, 4) is 0 Å². The topological polar surface area (TPSA) is 6.48 Å². The maximum Gasteiger partial charge on any atom is 0.0540 e. The molecule has 46 heavy (non-hydrogen) atoms. The third kappa shape index (κ3) is 4.48. The Hall–Kier alpha value is -5.34. The molecule has 0 saturated carbocycles. The molecule has 2 aliphatic rings. The fraction of sp³-hybridized carbons (Fsp3) is 0.136. The van der Waals surface area contributed by atoms with Crippen molar-refractivity contribution < 1.29 is 0 Å². The van der Waals surface area contributed by atoms with E-state index in [1.165, 1.54) is 101 Å². The van der Waals surface area contributed by atoms with Gasteiger partial charge in [0.05, 0.1) is 22.7 Å². The van der Waals surface area contributed by atoms with Gasteiger partial charge in [0, 0.05) is 44.8 Å². The minimum atomic E-state index is 1.19. The zero-order valence-electron chi connectivity index (χ0n) is 27.4. The molecular weight excluding hydrogens is 556 g/mol. The molecule has 224 valence electrons. The van der Waals surface area contributed by atoms with Crippen LogP contribution in [0.3, 0.4) is 0 Å². The van der Waals surface area contributed by atoms with Crippen LogP contribution < -0.4 is 9.80 Å². The monoisotopic (exact) mass is 594 g/mol. The Balaban J connectivity index is 1.50. The zero-order valence-corrected chi connectivity index (χ0v) is 27.4. The standard InChI is InChI=1S/C44H38N2/c1-27-15-17-41-37(25-27)43(35-11-7-9-13-39(35)45(41)33-21-29(3)19-30(4)22-33)44-36-12-8-10-14-40(36)46(34-23-31(5)20-32(6)24-34)42-18-16-28(2)26-38(42)44/h7-26H,1-6H3/b44-43+. The molecular formula is C44H38N2. The second-order valence-electron chi connectivity index (χ2n) is 13.2. The molecule has 0 N–H and O–H groups in total. The maximum atomic E-state index is 2.46. The van der Waals surface area contributed by atoms with Crippen LogP contribution in [-0.4, -0.2) is 0 Å². The van der Waals surface area contributed by atoms with Crippen molar-refractivity contribution >= 4 is 45.3 Å². The zero-order chi connectivity index (χ0) is 31.7. The predicted molar refractivity (Wildman–Crippen MR) is 196 cm³/mol. The van der Waals surface area contributed by atoms with Crippen LogP contribution in [0.25, 0.3) is 11.1 Å². The molecule has 0 unspecified atom stereocenters. The summed E-state index contributed by atoms with van der Waals surface area (Å²) < 4.78 is 0. The van der Waals surface area contributed by atoms with E-state index in [1.807, 2.05) is 0 Å². The summed E-state index contributed by atoms with van der Waals surface area (Å²) >= 11 is 0. The van der Waals surface area contributed by atoms with Crippen molar-refractivity contribution in [3.63, 3.8) is 0 Å². The number of para-hydroxylation sites is 2. The summed E-state index contributed by atoms with van der Waals surface area (Å²) in [6.45, 7) is 13.2. The summed E-state index contributed by atoms with van der Waals surface area (Å²) in [7, 11) is 0. The number of anilines is 6. The van der Waals surface area contributed by atoms with E-state index < -0.39 is 0 Å². The summed E-state index contributed by atoms with van der Waals surface area (Å²) in [5.41, 5.74) is 22.4. The van der Waals surface area contributed by atoms with E-state index in [1.54, 1.807) is 0 Å². The molecule has 2 aliphatic heterocycles. The third-order valence-corrected chi connectivity index (χ3v) is 9.33. The fourth-order valence-corrected chi connectivity index (χ4v) is 7.65. The van der Waals surface area contributed by atoms with Crippen molar-refractivity contribution in [2.75, 3.05) is 9.80 Å². The van der Waals surface area contributed by atoms with E-state index in [0.29, 0.717) is 0 Å². The second kappa shape index (κ2) is 10.6. The van der Waals surface area contributed by atoms with Crippen LogP contribution >= 0.6 is 0 Å². The van der Waals surface area contributed by atoms with E-state index in [2.05, 4.69) is 173 Å². The van der Waals surface area contributed by atoms with Crippen molar-refractivity contribution in [3.05, 3.63) is 177 Å². The van der Waals surface area contributed by atoms with Gasteiger partial charge in [0.15, 0.2) is 0 Å². The molecule has 0 aliphatic carbocycles. The molecule has 0 amide bonds. The van der Waals surface area contributed by atoms with Crippen LogP contribution in [0.2, 0.25) is 0 Å². The van der Waals surface area contributed by atoms with E-state index in [-0.39, 0.29) is 0 Å². The number of fused-ring (bicyclic) bond motifs is 4. The highest BCUT2D eigenvalue weighted by atomic mass is 15.2. The Morgan fingerprint density at radius 2 is 0.652 bits per heavy atom. The smallest absolute Gasteiger partial charge is 0.0540 e. The maximum absolute atomic E-state index is 2.46. The van der Waals surface area contributed by atoms with E-state index in [9.17, 15) is 0 Å². The molecule has 2 nitrogen and oxygen atoms in total. The van der Waals surface area contributed by atoms with Gasteiger partial charge in [-0.3, -0.25) is 0 Å². The summed E-state index contributed by atoms with van der Waals surface area (Å²) in [5.74, 6) is 0. The molecule has 2 heteroatoms. The van der Waals surface area contributed by atoms with Gasteiger partial charge in [-0.2, -0.15) is 0 Å². The van der Waals surface area contributed by atoms with Gasteiger partial charge in [-0.15, -0.1) is 0 Å². The highest BCUT2D eigenvalue weighted by Gasteiger charge is 2.35. The Morgan fingerprint density at radius 1 is 0.304 bits per heavy atom. The molecule has 0 radical (unpaired) electrons. The first-order valence-corrected chi connectivity index (χ1v) is 16.2. The van der Waals surface area contributed by atoms with Crippen molar-refractivity contribution in [1.29, 1.82) is 0 Å². The molecule has 0 atom stereocenters. The van der Waals surface area contributed by atoms with Gasteiger partial charge in [-0.25, -0.2) is 0 Å². The van der Waals surface area contributed by atoms with Crippen LogP contribution in [0.5, 0.6) is 0 Å². The molecule has 0 aromatic heterocycles. The van der Waals surface area contributed by atoms with Gasteiger partial charge in [0.25, 0.3) is 0 Å². The van der Waals surface area contributed by atoms with Gasteiger partial charge in [-0.05, 0) is 124 Å². The van der Waals surface area contributed by atoms with Crippen molar-refractivity contribution in [2.24, 2.45) is 0 Å². The summed E-state index contributed by atoms with van der Waals surface area (Å²) in [4.78, 5) is 4.92. The van der Waals surface area contributed by atoms with Crippen LogP contribution in [-0.2, 0) is 0 Å². The van der Waals surface area contributed by atoms with Crippen molar-refractivity contribution in [2.45, 2.75) is 41.5 Å². The number of nitrogens with zero attached hydrogens (tertiary/aromatic N) is 2. The van der Waals surface area contributed by atoms with Crippen molar-refractivity contribution in [1.82, 2.24) is 0 Å². The van der Waals surface area contributed by atoms with E-state index in [0.717, 1.165) is 0 Å². The lowest BCUT2D eigenvalue weighted by molar-refractivity contribution is 1.20. The SMILES string of the molecule is Cc1cc(C)cc(N2c3ccccc3/C(=C3/c4ccccc4N(c4cc(C)cc(C)c4)c4ccc(C)cc43)c3cc(C)ccc32)c1. The number of rotatable bonds is 2. The Kier molecular flexibility index (Phi) is 6.51. The number of hydrogen-bond acceptors (Lipinski definition) is 2. The largest absolute Gasteiger partial charge is 0.309 e. The normalized spacial score (nSPS) is 14.8. The number of benzene rings is 6. The Bertz CT molecular complexity index is 2040. The van der Waals surface area contributed by atoms with Gasteiger partial charge >= 0.3 is 0 Å². The lowest BCUT2D eigenvalue weighted by Gasteiger charge is -2.39. The quantitative estimate of drug-likeness (QED) is 0.196. The molecule has 0 saturated heterocycles. The minimum absolute atomic E-state index is 1.19. The van der Waals surface area contributed by atoms with Gasteiger partial charge in [0.2, 0.25) is 0 Å². The average molecular weight is 595 g/mol. The van der Waals surface area contributed by atoms with Crippen LogP contribution in [0.4, 0.5) is 34.1 Å². The Morgan fingerprint density at radius 3 is 1.04 bits per heavy atom. The molecule has 2 heterocycles. The second-order valence-corrected chi connectivity index (χ2v) is 13.2. The lowest BCUT2D eigenvalue weighted by Crippen LogP contribution is -2.22. The highest BCUT2D eigenvalue weighted by molar-refractivity contribution is 6.17. The molecule has 8 rings (SSSR count). The molecule has 0 fully saturated rings. The first-order valence-electron chi connectivity index (χ1n) is 16.2. The Labute approximate surface area is 272 Å². The highest BCUT2D eigenvalue weighted by Crippen LogP contribution is 2.57. The molecule has 6 aromatic carbocycles. The molecule has 6 aromatic rings. The van der Waals surface area contributed by atoms with E-state index in [4.69, 9.17) is 0 Å². The average Bonchev–Trinajstić information content (AvgIpc) is 3.02. The third-order valence-electron chi connectivity index (χ3n) is 9.33. The first kappa shape index (κ1) is 28.2. The molecule has 0 spiro atoms. The van der Waals surface area contributed by atoms with Gasteiger partial charge in [0.1, 0.15) is 0 Å². The summed E-state index contributed by atoms with van der Waals surface area (Å²) in [6.07, 6.45) is 0. The van der Waals surface area contributed by atoms with Gasteiger partial charge in [-0.1, -0.05) is 71.8 Å².